The van der Waals surface area contributed by atoms with Gasteiger partial charge in [0.05, 0.1) is 29.0 Å². The minimum atomic E-state index is -0.223. The van der Waals surface area contributed by atoms with Crippen molar-refractivity contribution in [2.75, 3.05) is 6.61 Å². The number of fused-ring (bicyclic) bond motifs is 3. The van der Waals surface area contributed by atoms with Gasteiger partial charge >= 0.3 is 5.97 Å². The first-order chi connectivity index (χ1) is 11.2. The Morgan fingerprint density at radius 2 is 2.30 bits per heavy atom. The predicted molar refractivity (Wildman–Crippen MR) is 84.0 cm³/mol. The van der Waals surface area contributed by atoms with Gasteiger partial charge in [-0.15, -0.1) is 0 Å². The molecule has 2 aliphatic carbocycles. The molecule has 3 aliphatic rings. The van der Waals surface area contributed by atoms with Crippen molar-refractivity contribution in [3.05, 3.63) is 30.1 Å². The average Bonchev–Trinajstić information content (AvgIpc) is 3.08. The highest BCUT2D eigenvalue weighted by molar-refractivity contribution is 5.93. The summed E-state index contributed by atoms with van der Waals surface area (Å²) in [4.78, 5) is 16.9. The summed E-state index contributed by atoms with van der Waals surface area (Å²) in [5, 5.41) is 0. The van der Waals surface area contributed by atoms with Crippen LogP contribution in [-0.4, -0.2) is 34.3 Å². The summed E-state index contributed by atoms with van der Waals surface area (Å²) >= 11 is 0. The highest BCUT2D eigenvalue weighted by atomic mass is 16.6. The molecule has 0 unspecified atom stereocenters. The van der Waals surface area contributed by atoms with Gasteiger partial charge in [0.25, 0.3) is 0 Å². The number of benzene rings is 1. The third-order valence-corrected chi connectivity index (χ3v) is 6.14. The number of ether oxygens (including phenoxy) is 2. The standard InChI is InChI=1S/C18H20N2O3/c1-20-10-19-13-9-11(3-4-14(13)20)17(21)23-16-12-5-8-22-15(12)18(16)6-2-7-18/h3-4,9-10,12,15-16H,2,5-8H2,1H3/t12-,15-,16+/m0/s1. The molecule has 3 atom stereocenters. The lowest BCUT2D eigenvalue weighted by molar-refractivity contribution is -0.234. The fourth-order valence-electron chi connectivity index (χ4n) is 4.78. The van der Waals surface area contributed by atoms with Crippen molar-refractivity contribution >= 4 is 17.0 Å². The van der Waals surface area contributed by atoms with Gasteiger partial charge in [-0.25, -0.2) is 9.78 Å². The number of carbonyl (C=O) groups is 1. The maximum atomic E-state index is 12.6. The first-order valence-corrected chi connectivity index (χ1v) is 8.43. The third-order valence-electron chi connectivity index (χ3n) is 6.14. The minimum absolute atomic E-state index is 0.0377. The van der Waals surface area contributed by atoms with E-state index in [0.717, 1.165) is 36.9 Å². The van der Waals surface area contributed by atoms with Gasteiger partial charge in [-0.05, 0) is 37.5 Å². The van der Waals surface area contributed by atoms with Gasteiger partial charge in [0.15, 0.2) is 0 Å². The lowest BCUT2D eigenvalue weighted by atomic mass is 9.47. The number of hydrogen-bond donors (Lipinski definition) is 0. The van der Waals surface area contributed by atoms with Crippen molar-refractivity contribution in [1.29, 1.82) is 0 Å². The van der Waals surface area contributed by atoms with Gasteiger partial charge in [0.2, 0.25) is 0 Å². The molecule has 5 heteroatoms. The second-order valence-corrected chi connectivity index (χ2v) is 7.22. The molecule has 0 N–H and O–H groups in total. The molecular formula is C18H20N2O3. The fourth-order valence-corrected chi connectivity index (χ4v) is 4.78. The largest absolute Gasteiger partial charge is 0.458 e. The Labute approximate surface area is 134 Å². The van der Waals surface area contributed by atoms with Crippen LogP contribution in [0.15, 0.2) is 24.5 Å². The molecule has 1 aromatic heterocycles. The van der Waals surface area contributed by atoms with Crippen LogP contribution in [0.3, 0.4) is 0 Å². The molecule has 0 radical (unpaired) electrons. The molecule has 5 nitrogen and oxygen atoms in total. The highest BCUT2D eigenvalue weighted by Crippen LogP contribution is 2.64. The smallest absolute Gasteiger partial charge is 0.338 e. The number of hydrogen-bond acceptors (Lipinski definition) is 4. The summed E-state index contributed by atoms with van der Waals surface area (Å²) in [5.74, 6) is 0.178. The average molecular weight is 312 g/mol. The van der Waals surface area contributed by atoms with E-state index in [0.29, 0.717) is 17.6 Å². The number of aromatic nitrogens is 2. The SMILES string of the molecule is Cn1cnc2cc(C(=O)O[C@@H]3[C@H]4CCO[C@@H]4C34CCC4)ccc21. The number of rotatable bonds is 2. The quantitative estimate of drug-likeness (QED) is 0.800. The second-order valence-electron chi connectivity index (χ2n) is 7.22. The van der Waals surface area contributed by atoms with Crippen molar-refractivity contribution in [2.45, 2.75) is 37.9 Å². The number of carbonyl (C=O) groups excluding carboxylic acids is 1. The Balaban J connectivity index is 1.40. The molecule has 1 spiro atoms. The van der Waals surface area contributed by atoms with Crippen molar-refractivity contribution < 1.29 is 14.3 Å². The summed E-state index contributed by atoms with van der Waals surface area (Å²) in [5.41, 5.74) is 2.56. The molecular weight excluding hydrogens is 292 g/mol. The van der Waals surface area contributed by atoms with Gasteiger partial charge in [-0.3, -0.25) is 0 Å². The molecule has 1 aromatic carbocycles. The Hall–Kier alpha value is -1.88. The van der Waals surface area contributed by atoms with Crippen LogP contribution in [0.25, 0.3) is 11.0 Å². The summed E-state index contributed by atoms with van der Waals surface area (Å²) in [6.45, 7) is 0.811. The molecule has 0 bridgehead atoms. The van der Waals surface area contributed by atoms with Gasteiger partial charge in [0.1, 0.15) is 6.10 Å². The van der Waals surface area contributed by atoms with E-state index in [-0.39, 0.29) is 17.5 Å². The van der Waals surface area contributed by atoms with Crippen LogP contribution < -0.4 is 0 Å². The number of nitrogens with zero attached hydrogens (tertiary/aromatic N) is 2. The van der Waals surface area contributed by atoms with Gasteiger partial charge < -0.3 is 14.0 Å². The van der Waals surface area contributed by atoms with Crippen LogP contribution in [0.2, 0.25) is 0 Å². The molecule has 5 rings (SSSR count). The number of esters is 1. The van der Waals surface area contributed by atoms with Crippen molar-refractivity contribution in [2.24, 2.45) is 18.4 Å². The van der Waals surface area contributed by atoms with Crippen LogP contribution in [0.4, 0.5) is 0 Å². The van der Waals surface area contributed by atoms with Crippen LogP contribution in [0, 0.1) is 11.3 Å². The van der Waals surface area contributed by atoms with E-state index >= 15 is 0 Å². The lowest BCUT2D eigenvalue weighted by Gasteiger charge is -2.61. The van der Waals surface area contributed by atoms with Crippen LogP contribution in [0.1, 0.15) is 36.0 Å². The van der Waals surface area contributed by atoms with E-state index in [1.807, 2.05) is 29.8 Å². The monoisotopic (exact) mass is 312 g/mol. The zero-order valence-corrected chi connectivity index (χ0v) is 13.2. The van der Waals surface area contributed by atoms with Crippen LogP contribution in [-0.2, 0) is 16.5 Å². The van der Waals surface area contributed by atoms with Crippen LogP contribution in [0.5, 0.6) is 0 Å². The maximum Gasteiger partial charge on any atom is 0.338 e. The Bertz CT molecular complexity index is 793. The lowest BCUT2D eigenvalue weighted by Crippen LogP contribution is -2.67. The Morgan fingerprint density at radius 1 is 1.43 bits per heavy atom. The van der Waals surface area contributed by atoms with E-state index in [9.17, 15) is 4.79 Å². The van der Waals surface area contributed by atoms with Crippen molar-refractivity contribution in [3.63, 3.8) is 0 Å². The van der Waals surface area contributed by atoms with E-state index in [4.69, 9.17) is 9.47 Å². The van der Waals surface area contributed by atoms with E-state index in [2.05, 4.69) is 4.98 Å². The van der Waals surface area contributed by atoms with Gasteiger partial charge in [-0.1, -0.05) is 6.42 Å². The van der Waals surface area contributed by atoms with Crippen molar-refractivity contribution in [1.82, 2.24) is 9.55 Å². The molecule has 1 saturated heterocycles. The summed E-state index contributed by atoms with van der Waals surface area (Å²) in [6, 6.07) is 5.59. The zero-order chi connectivity index (χ0) is 15.6. The molecule has 0 amide bonds. The van der Waals surface area contributed by atoms with Gasteiger partial charge in [-0.2, -0.15) is 0 Å². The molecule has 2 saturated carbocycles. The fraction of sp³-hybridized carbons (Fsp3) is 0.556. The molecule has 2 heterocycles. The van der Waals surface area contributed by atoms with E-state index in [1.165, 1.54) is 6.42 Å². The second kappa shape index (κ2) is 4.57. The van der Waals surface area contributed by atoms with Crippen molar-refractivity contribution in [3.8, 4) is 0 Å². The number of imidazole rings is 1. The zero-order valence-electron chi connectivity index (χ0n) is 13.2. The molecule has 23 heavy (non-hydrogen) atoms. The normalized spacial score (nSPS) is 30.7. The minimum Gasteiger partial charge on any atom is -0.458 e. The summed E-state index contributed by atoms with van der Waals surface area (Å²) in [7, 11) is 1.95. The summed E-state index contributed by atoms with van der Waals surface area (Å²) < 4.78 is 13.8. The predicted octanol–water partition coefficient (Wildman–Crippen LogP) is 2.69. The topological polar surface area (TPSA) is 53.4 Å². The maximum absolute atomic E-state index is 12.6. The third kappa shape index (κ3) is 1.71. The molecule has 2 aromatic rings. The van der Waals surface area contributed by atoms with E-state index < -0.39 is 0 Å². The summed E-state index contributed by atoms with van der Waals surface area (Å²) in [6.07, 6.45) is 6.62. The van der Waals surface area contributed by atoms with Crippen LogP contribution >= 0.6 is 0 Å². The molecule has 120 valence electrons. The Morgan fingerprint density at radius 3 is 3.09 bits per heavy atom. The number of aryl methyl sites for hydroxylation is 1. The molecule has 1 aliphatic heterocycles. The highest BCUT2D eigenvalue weighted by Gasteiger charge is 2.68. The van der Waals surface area contributed by atoms with Gasteiger partial charge in [0, 0.05) is 25.0 Å². The Kier molecular flexibility index (Phi) is 2.69. The molecule has 3 fully saturated rings. The first-order valence-electron chi connectivity index (χ1n) is 8.43. The first kappa shape index (κ1) is 13.5. The van der Waals surface area contributed by atoms with E-state index in [1.54, 1.807) is 6.33 Å².